The fraction of sp³-hybridized carbons (Fsp3) is 0.222. The van der Waals surface area contributed by atoms with E-state index in [0.29, 0.717) is 21.7 Å². The van der Waals surface area contributed by atoms with Gasteiger partial charge in [-0.1, -0.05) is 22.0 Å². The van der Waals surface area contributed by atoms with Gasteiger partial charge in [-0.25, -0.2) is 13.8 Å². The van der Waals surface area contributed by atoms with E-state index in [-0.39, 0.29) is 5.69 Å². The molecule has 0 heterocycles. The Bertz CT molecular complexity index is 1060. The molecular formula is C18H17BrF3N3O4S. The molecule has 1 N–H and O–H groups in total. The van der Waals surface area contributed by atoms with Crippen molar-refractivity contribution < 1.29 is 31.1 Å². The van der Waals surface area contributed by atoms with Crippen LogP contribution in [0.3, 0.4) is 0 Å². The van der Waals surface area contributed by atoms with Crippen LogP contribution in [-0.2, 0) is 21.0 Å². The molecule has 0 fully saturated rings. The second-order valence-electron chi connectivity index (χ2n) is 6.00. The Morgan fingerprint density at radius 1 is 1.27 bits per heavy atom. The Morgan fingerprint density at radius 2 is 1.97 bits per heavy atom. The predicted molar refractivity (Wildman–Crippen MR) is 110 cm³/mol. The Labute approximate surface area is 179 Å². The van der Waals surface area contributed by atoms with Crippen LogP contribution in [0.4, 0.5) is 18.9 Å². The number of halogens is 4. The fourth-order valence-corrected chi connectivity index (χ4v) is 3.61. The van der Waals surface area contributed by atoms with E-state index in [2.05, 4.69) is 26.5 Å². The average Bonchev–Trinajstić information content (AvgIpc) is 2.65. The molecule has 0 aromatic heterocycles. The first-order chi connectivity index (χ1) is 13.9. The third-order valence-electron chi connectivity index (χ3n) is 3.73. The zero-order chi connectivity index (χ0) is 22.5. The number of hydrogen-bond acceptors (Lipinski definition) is 5. The summed E-state index contributed by atoms with van der Waals surface area (Å²) in [6, 6.07) is 8.79. The van der Waals surface area contributed by atoms with Crippen LogP contribution in [0.5, 0.6) is 5.75 Å². The number of hydrazone groups is 1. The van der Waals surface area contributed by atoms with Crippen LogP contribution >= 0.6 is 15.9 Å². The van der Waals surface area contributed by atoms with Crippen molar-refractivity contribution >= 4 is 43.8 Å². The molecule has 162 valence electrons. The van der Waals surface area contributed by atoms with Crippen molar-refractivity contribution in [3.05, 3.63) is 58.1 Å². The van der Waals surface area contributed by atoms with Crippen LogP contribution in [0.15, 0.2) is 52.0 Å². The maximum atomic E-state index is 12.9. The Hall–Kier alpha value is -2.60. The van der Waals surface area contributed by atoms with Gasteiger partial charge in [0.2, 0.25) is 10.0 Å². The summed E-state index contributed by atoms with van der Waals surface area (Å²) in [5.74, 6) is -0.360. The summed E-state index contributed by atoms with van der Waals surface area (Å²) in [5.41, 5.74) is 1.36. The van der Waals surface area contributed by atoms with Crippen LogP contribution in [0.25, 0.3) is 0 Å². The van der Waals surface area contributed by atoms with Crippen LogP contribution in [0, 0.1) is 0 Å². The third kappa shape index (κ3) is 6.46. The summed E-state index contributed by atoms with van der Waals surface area (Å²) >= 11 is 3.29. The molecule has 7 nitrogen and oxygen atoms in total. The minimum Gasteiger partial charge on any atom is -0.496 e. The van der Waals surface area contributed by atoms with Gasteiger partial charge in [-0.3, -0.25) is 9.10 Å². The van der Waals surface area contributed by atoms with Crippen molar-refractivity contribution in [1.82, 2.24) is 5.43 Å². The maximum absolute atomic E-state index is 12.9. The average molecular weight is 508 g/mol. The number of carbonyl (C=O) groups excluding carboxylic acids is 1. The Balaban J connectivity index is 2.19. The number of alkyl halides is 3. The van der Waals surface area contributed by atoms with Crippen molar-refractivity contribution in [3.8, 4) is 5.75 Å². The normalized spacial score (nSPS) is 12.1. The van der Waals surface area contributed by atoms with E-state index in [1.165, 1.54) is 19.4 Å². The number of nitrogens with one attached hydrogen (secondary N) is 1. The molecule has 30 heavy (non-hydrogen) atoms. The van der Waals surface area contributed by atoms with Crippen molar-refractivity contribution in [2.24, 2.45) is 5.10 Å². The quantitative estimate of drug-likeness (QED) is 0.459. The number of nitrogens with zero attached hydrogens (tertiary/aromatic N) is 2. The highest BCUT2D eigenvalue weighted by Crippen LogP contribution is 2.32. The van der Waals surface area contributed by atoms with Crippen LogP contribution < -0.4 is 14.5 Å². The number of ether oxygens (including phenoxy) is 1. The largest absolute Gasteiger partial charge is 0.496 e. The summed E-state index contributed by atoms with van der Waals surface area (Å²) in [5, 5.41) is 3.75. The van der Waals surface area contributed by atoms with E-state index in [4.69, 9.17) is 4.74 Å². The van der Waals surface area contributed by atoms with Gasteiger partial charge in [0.05, 0.1) is 30.8 Å². The molecule has 0 saturated heterocycles. The van der Waals surface area contributed by atoms with E-state index in [1.807, 2.05) is 0 Å². The SMILES string of the molecule is COc1ccc(Br)cc1/C=N\NC(=O)CN(c1cccc(C(F)(F)F)c1)S(C)(=O)=O. The summed E-state index contributed by atoms with van der Waals surface area (Å²) in [4.78, 5) is 12.2. The van der Waals surface area contributed by atoms with Crippen LogP contribution in [0.2, 0.25) is 0 Å². The number of sulfonamides is 1. The molecule has 0 unspecified atom stereocenters. The molecule has 2 aromatic carbocycles. The fourth-order valence-electron chi connectivity index (χ4n) is 2.38. The Kier molecular flexibility index (Phi) is 7.48. The van der Waals surface area contributed by atoms with Crippen LogP contribution in [0.1, 0.15) is 11.1 Å². The lowest BCUT2D eigenvalue weighted by Gasteiger charge is -2.22. The summed E-state index contributed by atoms with van der Waals surface area (Å²) in [6.07, 6.45) is -2.58. The van der Waals surface area contributed by atoms with Crippen molar-refractivity contribution in [3.63, 3.8) is 0 Å². The molecule has 0 saturated carbocycles. The first kappa shape index (κ1) is 23.7. The summed E-state index contributed by atoms with van der Waals surface area (Å²) in [7, 11) is -2.59. The minimum absolute atomic E-state index is 0.292. The molecule has 2 rings (SSSR count). The summed E-state index contributed by atoms with van der Waals surface area (Å²) < 4.78 is 69.3. The molecule has 1 amide bonds. The van der Waals surface area contributed by atoms with Gasteiger partial charge in [-0.2, -0.15) is 18.3 Å². The van der Waals surface area contributed by atoms with Gasteiger partial charge in [-0.05, 0) is 36.4 Å². The second-order valence-corrected chi connectivity index (χ2v) is 8.82. The molecule has 0 radical (unpaired) electrons. The van der Waals surface area contributed by atoms with E-state index >= 15 is 0 Å². The number of anilines is 1. The number of amides is 1. The van der Waals surface area contributed by atoms with Crippen molar-refractivity contribution in [2.45, 2.75) is 6.18 Å². The van der Waals surface area contributed by atoms with Gasteiger partial charge in [0.25, 0.3) is 5.91 Å². The Morgan fingerprint density at radius 3 is 2.57 bits per heavy atom. The first-order valence-corrected chi connectivity index (χ1v) is 10.9. The minimum atomic E-state index is -4.66. The van der Waals surface area contributed by atoms with Gasteiger partial charge >= 0.3 is 6.18 Å². The topological polar surface area (TPSA) is 88.1 Å². The van der Waals surface area contributed by atoms with Gasteiger partial charge in [0.15, 0.2) is 0 Å². The highest BCUT2D eigenvalue weighted by molar-refractivity contribution is 9.10. The van der Waals surface area contributed by atoms with Gasteiger partial charge in [0.1, 0.15) is 12.3 Å². The van der Waals surface area contributed by atoms with E-state index in [1.54, 1.807) is 18.2 Å². The van der Waals surface area contributed by atoms with Crippen LogP contribution in [-0.4, -0.2) is 40.4 Å². The number of rotatable bonds is 7. The number of hydrogen-bond donors (Lipinski definition) is 1. The van der Waals surface area contributed by atoms with E-state index < -0.39 is 34.2 Å². The van der Waals surface area contributed by atoms with Gasteiger partial charge in [0, 0.05) is 10.0 Å². The standard InChI is InChI=1S/C18H17BrF3N3O4S/c1-29-16-7-6-14(19)8-12(16)10-23-24-17(26)11-25(30(2,27)28)15-5-3-4-13(9-15)18(20,21)22/h3-10H,11H2,1-2H3,(H,24,26)/b23-10-. The van der Waals surface area contributed by atoms with Crippen molar-refractivity contribution in [1.29, 1.82) is 0 Å². The zero-order valence-corrected chi connectivity index (χ0v) is 18.2. The number of methoxy groups -OCH3 is 1. The second kappa shape index (κ2) is 9.47. The molecule has 0 aliphatic heterocycles. The molecule has 0 spiro atoms. The molecule has 0 aliphatic carbocycles. The maximum Gasteiger partial charge on any atom is 0.416 e. The smallest absolute Gasteiger partial charge is 0.416 e. The molecule has 0 atom stereocenters. The molecule has 2 aromatic rings. The van der Waals surface area contributed by atoms with Gasteiger partial charge < -0.3 is 4.74 Å². The zero-order valence-electron chi connectivity index (χ0n) is 15.8. The third-order valence-corrected chi connectivity index (χ3v) is 5.37. The molecule has 0 bridgehead atoms. The number of carbonyl (C=O) groups is 1. The van der Waals surface area contributed by atoms with Crippen molar-refractivity contribution in [2.75, 3.05) is 24.2 Å². The van der Waals surface area contributed by atoms with Gasteiger partial charge in [-0.15, -0.1) is 0 Å². The molecule has 12 heteroatoms. The summed E-state index contributed by atoms with van der Waals surface area (Å²) in [6.45, 7) is -0.757. The predicted octanol–water partition coefficient (Wildman–Crippen LogP) is 3.39. The lowest BCUT2D eigenvalue weighted by atomic mass is 10.2. The highest BCUT2D eigenvalue weighted by Gasteiger charge is 2.32. The monoisotopic (exact) mass is 507 g/mol. The highest BCUT2D eigenvalue weighted by atomic mass is 79.9. The van der Waals surface area contributed by atoms with E-state index in [9.17, 15) is 26.4 Å². The molecule has 0 aliphatic rings. The first-order valence-electron chi connectivity index (χ1n) is 8.22. The number of benzene rings is 2. The molecular weight excluding hydrogens is 491 g/mol. The lowest BCUT2D eigenvalue weighted by Crippen LogP contribution is -2.39. The van der Waals surface area contributed by atoms with E-state index in [0.717, 1.165) is 22.9 Å². The lowest BCUT2D eigenvalue weighted by molar-refractivity contribution is -0.137.